The fourth-order valence-electron chi connectivity index (χ4n) is 2.65. The molecule has 3 rings (SSSR count). The summed E-state index contributed by atoms with van der Waals surface area (Å²) < 4.78 is 15.3. The second-order valence-corrected chi connectivity index (χ2v) is 5.66. The van der Waals surface area contributed by atoms with E-state index >= 15 is 0 Å². The van der Waals surface area contributed by atoms with E-state index in [-0.39, 0.29) is 5.82 Å². The molecule has 21 heavy (non-hydrogen) atoms. The summed E-state index contributed by atoms with van der Waals surface area (Å²) in [6.07, 6.45) is 2.05. The van der Waals surface area contributed by atoms with Crippen LogP contribution >= 0.6 is 11.6 Å². The van der Waals surface area contributed by atoms with E-state index in [2.05, 4.69) is 4.57 Å². The molecule has 0 aliphatic carbocycles. The van der Waals surface area contributed by atoms with Crippen molar-refractivity contribution in [2.45, 2.75) is 20.0 Å². The lowest BCUT2D eigenvalue weighted by Crippen LogP contribution is -2.01. The number of aromatic nitrogens is 1. The minimum Gasteiger partial charge on any atom is -0.343 e. The first kappa shape index (κ1) is 14.1. The van der Waals surface area contributed by atoms with Crippen LogP contribution in [0.25, 0.3) is 10.9 Å². The lowest BCUT2D eigenvalue weighted by atomic mass is 10.1. The van der Waals surface area contributed by atoms with E-state index in [4.69, 9.17) is 17.3 Å². The number of aryl methyl sites for hydroxylation is 1. The van der Waals surface area contributed by atoms with Gasteiger partial charge in [-0.15, -0.1) is 0 Å². The zero-order chi connectivity index (χ0) is 15.0. The second kappa shape index (κ2) is 5.51. The van der Waals surface area contributed by atoms with Crippen molar-refractivity contribution >= 4 is 22.5 Å². The molecule has 1 aromatic heterocycles. The Hall–Kier alpha value is -1.84. The van der Waals surface area contributed by atoms with E-state index in [1.807, 2.05) is 37.4 Å². The third kappa shape index (κ3) is 2.67. The van der Waals surface area contributed by atoms with E-state index < -0.39 is 0 Å². The SMILES string of the molecule is Cc1cc(F)ccc1Cn1cc(CN)c2ccc(Cl)cc21. The van der Waals surface area contributed by atoms with Crippen LogP contribution in [0.15, 0.2) is 42.6 Å². The van der Waals surface area contributed by atoms with Gasteiger partial charge in [-0.05, 0) is 47.9 Å². The number of halogens is 2. The summed E-state index contributed by atoms with van der Waals surface area (Å²) in [7, 11) is 0. The maximum absolute atomic E-state index is 13.2. The van der Waals surface area contributed by atoms with Gasteiger partial charge < -0.3 is 10.3 Å². The molecule has 0 spiro atoms. The Bertz CT molecular complexity index is 808. The molecule has 0 aliphatic heterocycles. The maximum Gasteiger partial charge on any atom is 0.123 e. The van der Waals surface area contributed by atoms with Gasteiger partial charge in [0.25, 0.3) is 0 Å². The Labute approximate surface area is 127 Å². The minimum absolute atomic E-state index is 0.209. The fraction of sp³-hybridized carbons (Fsp3) is 0.176. The molecule has 108 valence electrons. The average molecular weight is 303 g/mol. The summed E-state index contributed by atoms with van der Waals surface area (Å²) in [5.74, 6) is -0.209. The van der Waals surface area contributed by atoms with E-state index in [0.717, 1.165) is 27.6 Å². The van der Waals surface area contributed by atoms with Crippen LogP contribution in [0.1, 0.15) is 16.7 Å². The van der Waals surface area contributed by atoms with Gasteiger partial charge in [0.2, 0.25) is 0 Å². The number of benzene rings is 2. The molecule has 0 bridgehead atoms. The molecule has 2 aromatic carbocycles. The zero-order valence-electron chi connectivity index (χ0n) is 11.7. The van der Waals surface area contributed by atoms with Crippen molar-refractivity contribution in [1.82, 2.24) is 4.57 Å². The number of hydrogen-bond donors (Lipinski definition) is 1. The summed E-state index contributed by atoms with van der Waals surface area (Å²) >= 11 is 6.10. The lowest BCUT2D eigenvalue weighted by Gasteiger charge is -2.09. The highest BCUT2D eigenvalue weighted by Crippen LogP contribution is 2.26. The van der Waals surface area contributed by atoms with E-state index in [0.29, 0.717) is 18.1 Å². The highest BCUT2D eigenvalue weighted by atomic mass is 35.5. The van der Waals surface area contributed by atoms with Gasteiger partial charge in [-0.3, -0.25) is 0 Å². The Balaban J connectivity index is 2.09. The Morgan fingerprint density at radius 1 is 1.14 bits per heavy atom. The molecule has 0 amide bonds. The molecule has 0 unspecified atom stereocenters. The van der Waals surface area contributed by atoms with Crippen molar-refractivity contribution in [3.63, 3.8) is 0 Å². The number of rotatable bonds is 3. The van der Waals surface area contributed by atoms with Crippen molar-refractivity contribution < 1.29 is 4.39 Å². The van der Waals surface area contributed by atoms with Crippen LogP contribution in [0.4, 0.5) is 4.39 Å². The van der Waals surface area contributed by atoms with Crippen LogP contribution in [0.3, 0.4) is 0 Å². The highest BCUT2D eigenvalue weighted by Gasteiger charge is 2.09. The molecule has 0 fully saturated rings. The third-order valence-corrected chi connectivity index (χ3v) is 4.03. The van der Waals surface area contributed by atoms with Crippen molar-refractivity contribution in [2.24, 2.45) is 5.73 Å². The van der Waals surface area contributed by atoms with Crippen molar-refractivity contribution in [1.29, 1.82) is 0 Å². The van der Waals surface area contributed by atoms with Crippen molar-refractivity contribution in [3.05, 3.63) is 70.1 Å². The van der Waals surface area contributed by atoms with Gasteiger partial charge in [-0.2, -0.15) is 0 Å². The molecular weight excluding hydrogens is 287 g/mol. The topological polar surface area (TPSA) is 30.9 Å². The Morgan fingerprint density at radius 3 is 2.67 bits per heavy atom. The van der Waals surface area contributed by atoms with Gasteiger partial charge in [-0.25, -0.2) is 4.39 Å². The van der Waals surface area contributed by atoms with Crippen molar-refractivity contribution in [3.8, 4) is 0 Å². The summed E-state index contributed by atoms with van der Waals surface area (Å²) in [6.45, 7) is 3.07. The largest absolute Gasteiger partial charge is 0.343 e. The van der Waals surface area contributed by atoms with Crippen LogP contribution in [-0.2, 0) is 13.1 Å². The first-order chi connectivity index (χ1) is 10.1. The van der Waals surface area contributed by atoms with Gasteiger partial charge in [0, 0.05) is 29.7 Å². The first-order valence-electron chi connectivity index (χ1n) is 6.81. The van der Waals surface area contributed by atoms with E-state index in [1.54, 1.807) is 6.07 Å². The van der Waals surface area contributed by atoms with Gasteiger partial charge in [0.15, 0.2) is 0 Å². The fourth-order valence-corrected chi connectivity index (χ4v) is 2.82. The number of nitrogens with zero attached hydrogens (tertiary/aromatic N) is 1. The quantitative estimate of drug-likeness (QED) is 0.770. The monoisotopic (exact) mass is 302 g/mol. The van der Waals surface area contributed by atoms with Crippen molar-refractivity contribution in [2.75, 3.05) is 0 Å². The van der Waals surface area contributed by atoms with Crippen LogP contribution in [0, 0.1) is 12.7 Å². The number of hydrogen-bond acceptors (Lipinski definition) is 1. The van der Waals surface area contributed by atoms with Gasteiger partial charge >= 0.3 is 0 Å². The summed E-state index contributed by atoms with van der Waals surface area (Å²) in [5, 5.41) is 1.81. The van der Waals surface area contributed by atoms with Gasteiger partial charge in [0.1, 0.15) is 5.82 Å². The molecule has 3 aromatic rings. The Morgan fingerprint density at radius 2 is 1.95 bits per heavy atom. The zero-order valence-corrected chi connectivity index (χ0v) is 12.5. The molecule has 4 heteroatoms. The molecule has 0 saturated heterocycles. The highest BCUT2D eigenvalue weighted by molar-refractivity contribution is 6.31. The molecule has 2 nitrogen and oxygen atoms in total. The molecule has 2 N–H and O–H groups in total. The van der Waals surface area contributed by atoms with Gasteiger partial charge in [0.05, 0.1) is 5.52 Å². The lowest BCUT2D eigenvalue weighted by molar-refractivity contribution is 0.625. The normalized spacial score (nSPS) is 11.2. The Kier molecular flexibility index (Phi) is 3.70. The average Bonchev–Trinajstić information content (AvgIpc) is 2.79. The number of fused-ring (bicyclic) bond motifs is 1. The summed E-state index contributed by atoms with van der Waals surface area (Å²) in [6, 6.07) is 10.7. The molecular formula is C17H16ClFN2. The summed E-state index contributed by atoms with van der Waals surface area (Å²) in [5.41, 5.74) is 9.97. The molecule has 0 saturated carbocycles. The van der Waals surface area contributed by atoms with E-state index in [1.165, 1.54) is 6.07 Å². The standard InChI is InChI=1S/C17H16ClFN2/c1-11-6-15(19)4-2-12(11)9-21-10-13(8-20)16-5-3-14(18)7-17(16)21/h2-7,10H,8-9,20H2,1H3. The van der Waals surface area contributed by atoms with E-state index in [9.17, 15) is 4.39 Å². The molecule has 0 aliphatic rings. The smallest absolute Gasteiger partial charge is 0.123 e. The molecule has 1 heterocycles. The van der Waals surface area contributed by atoms with Gasteiger partial charge in [-0.1, -0.05) is 23.7 Å². The third-order valence-electron chi connectivity index (χ3n) is 3.79. The van der Waals surface area contributed by atoms with Crippen LogP contribution in [0.2, 0.25) is 5.02 Å². The second-order valence-electron chi connectivity index (χ2n) is 5.22. The molecule has 0 radical (unpaired) electrons. The predicted molar refractivity (Wildman–Crippen MR) is 85.1 cm³/mol. The van der Waals surface area contributed by atoms with Crippen LogP contribution < -0.4 is 5.73 Å². The minimum atomic E-state index is -0.209. The maximum atomic E-state index is 13.2. The summed E-state index contributed by atoms with van der Waals surface area (Å²) in [4.78, 5) is 0. The molecule has 0 atom stereocenters. The van der Waals surface area contributed by atoms with Crippen LogP contribution in [0.5, 0.6) is 0 Å². The predicted octanol–water partition coefficient (Wildman–Crippen LogP) is 4.25. The first-order valence-corrected chi connectivity index (χ1v) is 7.18. The number of nitrogens with two attached hydrogens (primary N) is 1. The van der Waals surface area contributed by atoms with Crippen LogP contribution in [-0.4, -0.2) is 4.57 Å².